The maximum Gasteiger partial charge on any atom is 1.00 e. The van der Waals surface area contributed by atoms with Crippen LogP contribution in [-0.4, -0.2) is 0 Å². The van der Waals surface area contributed by atoms with Crippen LogP contribution in [0.3, 0.4) is 0 Å². The van der Waals surface area contributed by atoms with Gasteiger partial charge in [-0.15, -0.1) is 12.1 Å². The predicted molar refractivity (Wildman–Crippen MR) is 40.3 cm³/mol. The van der Waals surface area contributed by atoms with Crippen molar-refractivity contribution in [1.82, 2.24) is 0 Å². The smallest absolute Gasteiger partial charge is 0.168 e. The van der Waals surface area contributed by atoms with Crippen LogP contribution >= 0.6 is 0 Å². The van der Waals surface area contributed by atoms with Gasteiger partial charge in [0.2, 0.25) is 0 Å². The Bertz CT molecular complexity index is 361. The van der Waals surface area contributed by atoms with Gasteiger partial charge in [-0.05, 0) is 0 Å². The summed E-state index contributed by atoms with van der Waals surface area (Å²) in [6, 6.07) is 0.0440. The van der Waals surface area contributed by atoms with Crippen LogP contribution in [0.2, 0.25) is 0 Å². The van der Waals surface area contributed by atoms with Gasteiger partial charge in [-0.25, -0.2) is 0 Å². The molecule has 0 amide bonds. The summed E-state index contributed by atoms with van der Waals surface area (Å²) in [5.74, 6) is 0. The third-order valence-electron chi connectivity index (χ3n) is 1.81. The molecule has 0 aliphatic carbocycles. The normalized spacial score (nSPS) is 13.1. The molecule has 1 rings (SSSR count). The van der Waals surface area contributed by atoms with E-state index in [0.717, 1.165) is 6.07 Å². The number of benzene rings is 1. The molecule has 0 spiro atoms. The summed E-state index contributed by atoms with van der Waals surface area (Å²) < 4.78 is 109. The van der Waals surface area contributed by atoms with E-state index < -0.39 is 47.4 Å². The fourth-order valence-electron chi connectivity index (χ4n) is 1.04. The first-order valence-electron chi connectivity index (χ1n) is 4.11. The molecular weight excluding hydrogens is 286 g/mol. The minimum atomic E-state index is -5.35. The van der Waals surface area contributed by atoms with Crippen LogP contribution in [0.5, 0.6) is 0 Å². The molecule has 102 valence electrons. The van der Waals surface area contributed by atoms with Gasteiger partial charge >= 0.3 is 37.4 Å². The van der Waals surface area contributed by atoms with Crippen molar-refractivity contribution < 1.29 is 58.4 Å². The summed E-state index contributed by atoms with van der Waals surface area (Å²) in [6.45, 7) is 0. The van der Waals surface area contributed by atoms with Crippen molar-refractivity contribution in [2.75, 3.05) is 0 Å². The van der Waals surface area contributed by atoms with Crippen LogP contribution in [0, 0.1) is 6.07 Å². The minimum absolute atomic E-state index is 0. The summed E-state index contributed by atoms with van der Waals surface area (Å²) in [5, 5.41) is 0. The van der Waals surface area contributed by atoms with Crippen molar-refractivity contribution in [1.29, 1.82) is 0 Å². The molecular formula is C9H2F9Li. The molecule has 0 aliphatic rings. The van der Waals surface area contributed by atoms with Crippen LogP contribution < -0.4 is 18.9 Å². The zero-order chi connectivity index (χ0) is 14.4. The Balaban J connectivity index is 0.00000324. The monoisotopic (exact) mass is 288 g/mol. The molecule has 0 N–H and O–H groups in total. The van der Waals surface area contributed by atoms with Gasteiger partial charge in [0.05, 0.1) is 0 Å². The molecule has 19 heavy (non-hydrogen) atoms. The summed E-state index contributed by atoms with van der Waals surface area (Å²) in [5.41, 5.74) is -6.27. The second-order valence-electron chi connectivity index (χ2n) is 3.19. The van der Waals surface area contributed by atoms with E-state index in [9.17, 15) is 39.5 Å². The van der Waals surface area contributed by atoms with E-state index >= 15 is 0 Å². The first-order chi connectivity index (χ1) is 7.82. The molecule has 0 nitrogen and oxygen atoms in total. The molecule has 0 aromatic heterocycles. The SMILES string of the molecule is FC(F)(F)c1[c-]c(C(F)(F)F)cc(C(F)(F)F)c1.[Li+]. The molecule has 0 unspecified atom stereocenters. The Morgan fingerprint density at radius 3 is 1.16 bits per heavy atom. The number of rotatable bonds is 0. The fraction of sp³-hybridized carbons (Fsp3) is 0.333. The Morgan fingerprint density at radius 2 is 0.947 bits per heavy atom. The van der Waals surface area contributed by atoms with E-state index in [2.05, 4.69) is 0 Å². The van der Waals surface area contributed by atoms with E-state index in [4.69, 9.17) is 0 Å². The molecule has 1 aromatic carbocycles. The summed E-state index contributed by atoms with van der Waals surface area (Å²) in [7, 11) is 0. The molecule has 0 radical (unpaired) electrons. The molecule has 0 atom stereocenters. The van der Waals surface area contributed by atoms with Crippen molar-refractivity contribution in [3.05, 3.63) is 34.9 Å². The first-order valence-corrected chi connectivity index (χ1v) is 4.11. The number of halogens is 9. The minimum Gasteiger partial charge on any atom is -0.168 e. The molecule has 10 heteroatoms. The van der Waals surface area contributed by atoms with Gasteiger partial charge in [-0.2, -0.15) is 45.6 Å². The predicted octanol–water partition coefficient (Wildman–Crippen LogP) is 1.55. The summed E-state index contributed by atoms with van der Waals surface area (Å²) >= 11 is 0. The van der Waals surface area contributed by atoms with Crippen molar-refractivity contribution >= 4 is 0 Å². The molecule has 0 saturated carbocycles. The second-order valence-corrected chi connectivity index (χ2v) is 3.19. The van der Waals surface area contributed by atoms with Crippen LogP contribution in [-0.2, 0) is 18.5 Å². The van der Waals surface area contributed by atoms with E-state index in [1.807, 2.05) is 0 Å². The summed E-state index contributed by atoms with van der Waals surface area (Å²) in [4.78, 5) is 0. The molecule has 0 bridgehead atoms. The van der Waals surface area contributed by atoms with Gasteiger partial charge in [-0.3, -0.25) is 0 Å². The standard InChI is InChI=1S/C9H2F9.Li/c10-7(11,12)4-1-5(8(13,14)15)3-6(2-4)9(16,17)18;/h1-2H;/q-1;+1. The Labute approximate surface area is 112 Å². The largest absolute Gasteiger partial charge is 1.00 e. The van der Waals surface area contributed by atoms with Crippen molar-refractivity contribution in [2.45, 2.75) is 18.5 Å². The molecule has 0 aliphatic heterocycles. The van der Waals surface area contributed by atoms with Gasteiger partial charge in [0.25, 0.3) is 0 Å². The van der Waals surface area contributed by atoms with Gasteiger partial charge in [0.1, 0.15) is 0 Å². The number of hydrogen-bond donors (Lipinski definition) is 0. The van der Waals surface area contributed by atoms with Crippen molar-refractivity contribution in [3.8, 4) is 0 Å². The Hall–Kier alpha value is -0.813. The average Bonchev–Trinajstić information content (AvgIpc) is 2.13. The Kier molecular flexibility index (Phi) is 5.06. The van der Waals surface area contributed by atoms with Crippen molar-refractivity contribution in [3.63, 3.8) is 0 Å². The van der Waals surface area contributed by atoms with Crippen molar-refractivity contribution in [2.24, 2.45) is 0 Å². The van der Waals surface area contributed by atoms with E-state index in [1.165, 1.54) is 0 Å². The first kappa shape index (κ1) is 18.2. The molecule has 0 saturated heterocycles. The van der Waals surface area contributed by atoms with E-state index in [-0.39, 0.29) is 18.9 Å². The fourth-order valence-corrected chi connectivity index (χ4v) is 1.04. The molecule has 1 aromatic rings. The average molecular weight is 288 g/mol. The maximum atomic E-state index is 12.2. The number of alkyl halides is 9. The van der Waals surface area contributed by atoms with Crippen LogP contribution in [0.15, 0.2) is 12.1 Å². The topological polar surface area (TPSA) is 0 Å². The summed E-state index contributed by atoms with van der Waals surface area (Å²) in [6.07, 6.45) is -16.0. The van der Waals surface area contributed by atoms with Gasteiger partial charge in [0, 0.05) is 0 Å². The van der Waals surface area contributed by atoms with Crippen LogP contribution in [0.4, 0.5) is 39.5 Å². The van der Waals surface area contributed by atoms with Gasteiger partial charge in [0.15, 0.2) is 0 Å². The maximum absolute atomic E-state index is 12.2. The van der Waals surface area contributed by atoms with Crippen LogP contribution in [0.1, 0.15) is 16.7 Å². The zero-order valence-electron chi connectivity index (χ0n) is 9.06. The van der Waals surface area contributed by atoms with Gasteiger partial charge < -0.3 is 0 Å². The number of hydrogen-bond acceptors (Lipinski definition) is 0. The van der Waals surface area contributed by atoms with E-state index in [0.29, 0.717) is 0 Å². The Morgan fingerprint density at radius 1 is 0.632 bits per heavy atom. The van der Waals surface area contributed by atoms with E-state index in [1.54, 1.807) is 0 Å². The zero-order valence-corrected chi connectivity index (χ0v) is 9.06. The third kappa shape index (κ3) is 4.65. The molecule has 0 heterocycles. The molecule has 0 fully saturated rings. The second kappa shape index (κ2) is 5.29. The van der Waals surface area contributed by atoms with Crippen LogP contribution in [0.25, 0.3) is 0 Å². The van der Waals surface area contributed by atoms with Gasteiger partial charge in [-0.1, -0.05) is 16.7 Å². The quantitative estimate of drug-likeness (QED) is 0.386. The third-order valence-corrected chi connectivity index (χ3v) is 1.81.